The molecule has 0 aromatic heterocycles. The second-order valence-electron chi connectivity index (χ2n) is 17.7. The highest BCUT2D eigenvalue weighted by atomic mass is 16.6. The third kappa shape index (κ3) is 39.3. The predicted octanol–water partition coefficient (Wildman–Crippen LogP) is 12.1. The quantitative estimate of drug-likeness (QED) is 0.0261. The Hall–Kier alpha value is -1.93. The van der Waals surface area contributed by atoms with Crippen LogP contribution >= 0.6 is 0 Å². The number of hydrogen-bond acceptors (Lipinski definition) is 7. The molecule has 0 radical (unpaired) electrons. The molecule has 336 valence electrons. The molecular formula is C49H93NO7. The third-order valence-corrected chi connectivity index (χ3v) is 11.2. The minimum atomic E-state index is -1.12. The molecule has 57 heavy (non-hydrogen) atoms. The Balaban J connectivity index is 4.26. The van der Waals surface area contributed by atoms with E-state index in [1.54, 1.807) is 21.1 Å². The first-order valence-corrected chi connectivity index (χ1v) is 24.2. The maximum absolute atomic E-state index is 12.7. The normalized spacial score (nSPS) is 12.9. The van der Waals surface area contributed by atoms with Crippen molar-refractivity contribution in [3.05, 3.63) is 12.2 Å². The van der Waals surface area contributed by atoms with Gasteiger partial charge in [-0.3, -0.25) is 9.59 Å². The molecule has 0 aliphatic heterocycles. The summed E-state index contributed by atoms with van der Waals surface area (Å²) in [6.45, 7) is 4.69. The summed E-state index contributed by atoms with van der Waals surface area (Å²) in [7, 11) is 5.42. The third-order valence-electron chi connectivity index (χ3n) is 11.2. The van der Waals surface area contributed by atoms with Gasteiger partial charge < -0.3 is 28.6 Å². The Morgan fingerprint density at radius 3 is 1.26 bits per heavy atom. The van der Waals surface area contributed by atoms with Gasteiger partial charge in [-0.25, -0.2) is 0 Å². The van der Waals surface area contributed by atoms with E-state index in [0.29, 0.717) is 12.8 Å². The largest absolute Gasteiger partial charge is 0.544 e. The highest BCUT2D eigenvalue weighted by Gasteiger charge is 2.25. The number of aliphatic carboxylic acids is 1. The second kappa shape index (κ2) is 40.8. The van der Waals surface area contributed by atoms with E-state index in [-0.39, 0.29) is 42.7 Å². The lowest BCUT2D eigenvalue weighted by Crippen LogP contribution is -2.55. The zero-order chi connectivity index (χ0) is 42.1. The average molecular weight is 808 g/mol. The Bertz CT molecular complexity index is 947. The van der Waals surface area contributed by atoms with E-state index < -0.39 is 18.1 Å². The monoisotopic (exact) mass is 808 g/mol. The van der Waals surface area contributed by atoms with Gasteiger partial charge in [0.15, 0.2) is 6.10 Å². The maximum Gasteiger partial charge on any atom is 0.306 e. The number of likely N-dealkylation sites (N-methyl/N-ethyl adjacent to an activating group) is 1. The summed E-state index contributed by atoms with van der Waals surface area (Å²) in [6.07, 6.45) is 43.7. The lowest BCUT2D eigenvalue weighted by Gasteiger charge is -2.34. The van der Waals surface area contributed by atoms with Crippen LogP contribution in [0.15, 0.2) is 12.2 Å². The van der Waals surface area contributed by atoms with Crippen LogP contribution in [0.25, 0.3) is 0 Å². The fourth-order valence-electron chi connectivity index (χ4n) is 7.36. The lowest BCUT2D eigenvalue weighted by molar-refractivity contribution is -0.889. The number of carbonyl (C=O) groups excluding carboxylic acids is 3. The first-order valence-electron chi connectivity index (χ1n) is 24.2. The average Bonchev–Trinajstić information content (AvgIpc) is 3.17. The number of esters is 2. The lowest BCUT2D eigenvalue weighted by atomic mass is 10.0. The van der Waals surface area contributed by atoms with Gasteiger partial charge in [0.05, 0.1) is 40.3 Å². The molecule has 0 heterocycles. The second-order valence-corrected chi connectivity index (χ2v) is 17.7. The van der Waals surface area contributed by atoms with Gasteiger partial charge in [-0.15, -0.1) is 0 Å². The van der Waals surface area contributed by atoms with Gasteiger partial charge >= 0.3 is 11.9 Å². The molecule has 2 atom stereocenters. The van der Waals surface area contributed by atoms with E-state index in [2.05, 4.69) is 26.0 Å². The fourth-order valence-corrected chi connectivity index (χ4v) is 7.36. The van der Waals surface area contributed by atoms with E-state index >= 15 is 0 Å². The van der Waals surface area contributed by atoms with Gasteiger partial charge in [0.2, 0.25) is 0 Å². The molecule has 2 unspecified atom stereocenters. The summed E-state index contributed by atoms with van der Waals surface area (Å²) in [5.41, 5.74) is 0. The molecule has 0 N–H and O–H groups in total. The van der Waals surface area contributed by atoms with Crippen LogP contribution in [0.2, 0.25) is 0 Å². The van der Waals surface area contributed by atoms with Crippen molar-refractivity contribution >= 4 is 17.9 Å². The molecule has 0 aliphatic carbocycles. The molecule has 0 saturated heterocycles. The van der Waals surface area contributed by atoms with E-state index in [1.807, 2.05) is 0 Å². The van der Waals surface area contributed by atoms with Crippen LogP contribution in [0.3, 0.4) is 0 Å². The van der Waals surface area contributed by atoms with Crippen molar-refractivity contribution in [3.63, 3.8) is 0 Å². The number of unbranched alkanes of at least 4 members (excludes halogenated alkanes) is 28. The van der Waals surface area contributed by atoms with E-state index in [1.165, 1.54) is 154 Å². The molecular weight excluding hydrogens is 715 g/mol. The molecule has 0 saturated carbocycles. The predicted molar refractivity (Wildman–Crippen MR) is 236 cm³/mol. The number of rotatable bonds is 44. The van der Waals surface area contributed by atoms with Gasteiger partial charge in [0.25, 0.3) is 0 Å². The number of carboxylic acids is 1. The van der Waals surface area contributed by atoms with E-state index in [0.717, 1.165) is 44.9 Å². The summed E-state index contributed by atoms with van der Waals surface area (Å²) >= 11 is 0. The number of nitrogens with zero attached hydrogens (tertiary/aromatic N) is 1. The molecule has 0 aromatic carbocycles. The fraction of sp³-hybridized carbons (Fsp3) is 0.898. The molecule has 0 aliphatic rings. The van der Waals surface area contributed by atoms with Gasteiger partial charge in [0, 0.05) is 19.3 Å². The van der Waals surface area contributed by atoms with Crippen molar-refractivity contribution in [2.24, 2.45) is 0 Å². The van der Waals surface area contributed by atoms with Crippen molar-refractivity contribution in [2.45, 2.75) is 244 Å². The number of hydrogen-bond donors (Lipinski definition) is 0. The van der Waals surface area contributed by atoms with Crippen LogP contribution in [0.1, 0.15) is 232 Å². The zero-order valence-corrected chi connectivity index (χ0v) is 38.3. The first-order chi connectivity index (χ1) is 27.6. The molecule has 8 nitrogen and oxygen atoms in total. The van der Waals surface area contributed by atoms with Gasteiger partial charge in [-0.1, -0.05) is 187 Å². The van der Waals surface area contributed by atoms with Crippen LogP contribution in [0, 0.1) is 0 Å². The van der Waals surface area contributed by atoms with Crippen LogP contribution in [-0.4, -0.2) is 75.5 Å². The maximum atomic E-state index is 12.7. The Labute approximate surface area is 352 Å². The smallest absolute Gasteiger partial charge is 0.306 e. The Kier molecular flexibility index (Phi) is 39.4. The highest BCUT2D eigenvalue weighted by molar-refractivity contribution is 5.70. The molecule has 0 amide bonds. The van der Waals surface area contributed by atoms with Crippen LogP contribution in [0.5, 0.6) is 0 Å². The SMILES string of the molecule is CCCCCCCCCCC/C=C/CCCCCCCC(=O)OCC(COCCC(C(=O)[O-])[N+](C)(C)C)OC(=O)CCCCCCCCCCCCCCCCC. The molecule has 0 rings (SSSR count). The van der Waals surface area contributed by atoms with Crippen molar-refractivity contribution in [1.29, 1.82) is 0 Å². The van der Waals surface area contributed by atoms with Gasteiger partial charge in [0.1, 0.15) is 12.6 Å². The molecule has 0 spiro atoms. The van der Waals surface area contributed by atoms with E-state index in [9.17, 15) is 19.5 Å². The number of ether oxygens (including phenoxy) is 3. The molecule has 0 aromatic rings. The minimum Gasteiger partial charge on any atom is -0.544 e. The van der Waals surface area contributed by atoms with E-state index in [4.69, 9.17) is 14.2 Å². The standard InChI is InChI=1S/C49H93NO7/c1-6-8-10-12-14-16-18-20-22-23-24-26-27-29-31-33-35-37-39-47(51)56-44-45(43-55-42-41-46(49(53)54)50(3,4)5)57-48(52)40-38-36-34-32-30-28-25-21-19-17-15-13-11-9-7-2/h24,26,45-46H,6-23,25,27-44H2,1-5H3/b26-24+. The van der Waals surface area contributed by atoms with Crippen LogP contribution in [-0.2, 0) is 28.6 Å². The van der Waals surface area contributed by atoms with Crippen LogP contribution in [0.4, 0.5) is 0 Å². The number of quaternary nitrogens is 1. The number of allylic oxidation sites excluding steroid dienone is 2. The van der Waals surface area contributed by atoms with Crippen molar-refractivity contribution in [2.75, 3.05) is 41.0 Å². The summed E-state index contributed by atoms with van der Waals surface area (Å²) < 4.78 is 17.2. The topological polar surface area (TPSA) is 102 Å². The minimum absolute atomic E-state index is 0.0441. The highest BCUT2D eigenvalue weighted by Crippen LogP contribution is 2.16. The summed E-state index contributed by atoms with van der Waals surface area (Å²) in [5, 5.41) is 11.6. The molecule has 0 bridgehead atoms. The summed E-state index contributed by atoms with van der Waals surface area (Å²) in [5.74, 6) is -1.73. The Morgan fingerprint density at radius 1 is 0.509 bits per heavy atom. The number of carbonyl (C=O) groups is 3. The van der Waals surface area contributed by atoms with Crippen molar-refractivity contribution in [3.8, 4) is 0 Å². The number of carboxylic acid groups (broad SMARTS) is 1. The molecule has 0 fully saturated rings. The summed E-state index contributed by atoms with van der Waals surface area (Å²) in [4.78, 5) is 36.9. The van der Waals surface area contributed by atoms with Crippen molar-refractivity contribution in [1.82, 2.24) is 0 Å². The summed E-state index contributed by atoms with van der Waals surface area (Å²) in [6, 6.07) is -0.722. The van der Waals surface area contributed by atoms with Crippen LogP contribution < -0.4 is 5.11 Å². The van der Waals surface area contributed by atoms with Crippen molar-refractivity contribution < 1.29 is 38.2 Å². The first kappa shape index (κ1) is 55.1. The molecule has 8 heteroatoms. The van der Waals surface area contributed by atoms with Gasteiger partial charge in [-0.2, -0.15) is 0 Å². The Morgan fingerprint density at radius 2 is 0.877 bits per heavy atom. The zero-order valence-electron chi connectivity index (χ0n) is 38.3. The van der Waals surface area contributed by atoms with Gasteiger partial charge in [-0.05, 0) is 38.5 Å².